The molecule has 0 atom stereocenters. The van der Waals surface area contributed by atoms with Crippen LogP contribution in [0.25, 0.3) is 0 Å². The molecule has 0 aliphatic carbocycles. The Kier molecular flexibility index (Phi) is 4.78. The van der Waals surface area contributed by atoms with E-state index in [4.69, 9.17) is 0 Å². The molecule has 24 heavy (non-hydrogen) atoms. The Morgan fingerprint density at radius 2 is 2.08 bits per heavy atom. The molecule has 2 heterocycles. The van der Waals surface area contributed by atoms with Crippen LogP contribution in [0.2, 0.25) is 0 Å². The van der Waals surface area contributed by atoms with Crippen LogP contribution >= 0.6 is 11.8 Å². The summed E-state index contributed by atoms with van der Waals surface area (Å²) >= 11 is 1.46. The summed E-state index contributed by atoms with van der Waals surface area (Å²) in [7, 11) is 0. The molecule has 1 aliphatic heterocycles. The predicted octanol–water partition coefficient (Wildman–Crippen LogP) is 3.91. The molecule has 0 saturated heterocycles. The molecule has 3 nitrogen and oxygen atoms in total. The van der Waals surface area contributed by atoms with Gasteiger partial charge in [-0.3, -0.25) is 4.90 Å². The Hall–Kier alpha value is -1.67. The normalized spacial score (nSPS) is 15.4. The largest absolute Gasteiger partial charge is 0.419 e. The maximum atomic E-state index is 14.1. The lowest BCUT2D eigenvalue weighted by Crippen LogP contribution is -2.31. The Morgan fingerprint density at radius 1 is 1.29 bits per heavy atom. The second-order valence-corrected chi connectivity index (χ2v) is 6.34. The van der Waals surface area contributed by atoms with Gasteiger partial charge in [0.1, 0.15) is 5.82 Å². The van der Waals surface area contributed by atoms with Gasteiger partial charge in [0.25, 0.3) is 0 Å². The van der Waals surface area contributed by atoms with Crippen molar-refractivity contribution in [3.8, 4) is 0 Å². The molecular weight excluding hydrogens is 342 g/mol. The molecule has 0 radical (unpaired) electrons. The van der Waals surface area contributed by atoms with Crippen LogP contribution in [0.1, 0.15) is 22.4 Å². The van der Waals surface area contributed by atoms with Crippen molar-refractivity contribution in [2.24, 2.45) is 0 Å². The van der Waals surface area contributed by atoms with Crippen LogP contribution in [-0.4, -0.2) is 27.7 Å². The predicted molar refractivity (Wildman–Crippen MR) is 83.0 cm³/mol. The summed E-state index contributed by atoms with van der Waals surface area (Å²) in [6, 6.07) is 3.41. The summed E-state index contributed by atoms with van der Waals surface area (Å²) in [5.74, 6) is -1.19. The zero-order chi connectivity index (χ0) is 17.3. The van der Waals surface area contributed by atoms with Gasteiger partial charge in [-0.25, -0.2) is 14.4 Å². The molecule has 0 fully saturated rings. The first-order valence-electron chi connectivity index (χ1n) is 7.34. The van der Waals surface area contributed by atoms with Crippen LogP contribution < -0.4 is 0 Å². The third-order valence-electron chi connectivity index (χ3n) is 3.95. The summed E-state index contributed by atoms with van der Waals surface area (Å²) in [5.41, 5.74) is 0.724. The van der Waals surface area contributed by atoms with Crippen molar-refractivity contribution in [1.82, 2.24) is 14.9 Å². The lowest BCUT2D eigenvalue weighted by Gasteiger charge is -2.28. The van der Waals surface area contributed by atoms with Crippen LogP contribution in [-0.2, 0) is 25.7 Å². The fraction of sp³-hybridized carbons (Fsp3) is 0.375. The van der Waals surface area contributed by atoms with E-state index in [1.165, 1.54) is 23.9 Å². The third-order valence-corrected chi connectivity index (χ3v) is 4.51. The molecule has 0 spiro atoms. The quantitative estimate of drug-likeness (QED) is 0.473. The minimum atomic E-state index is -4.68. The van der Waals surface area contributed by atoms with Crippen LogP contribution in [0.15, 0.2) is 29.6 Å². The Bertz CT molecular complexity index is 749. The molecule has 0 N–H and O–H groups in total. The number of thioether (sulfide) groups is 1. The fourth-order valence-corrected chi connectivity index (χ4v) is 3.11. The van der Waals surface area contributed by atoms with Gasteiger partial charge in [0.15, 0.2) is 5.16 Å². The maximum absolute atomic E-state index is 14.1. The molecule has 128 valence electrons. The first-order valence-corrected chi connectivity index (χ1v) is 8.56. The third kappa shape index (κ3) is 3.54. The molecular formula is C16H15F4N3S. The van der Waals surface area contributed by atoms with Gasteiger partial charge >= 0.3 is 6.18 Å². The molecule has 0 amide bonds. The van der Waals surface area contributed by atoms with Crippen LogP contribution in [0, 0.1) is 5.82 Å². The van der Waals surface area contributed by atoms with Crippen molar-refractivity contribution >= 4 is 11.8 Å². The molecule has 1 aromatic carbocycles. The zero-order valence-electron chi connectivity index (χ0n) is 12.9. The maximum Gasteiger partial charge on any atom is 0.419 e. The molecule has 3 rings (SSSR count). The number of benzene rings is 1. The molecule has 0 unspecified atom stereocenters. The number of halogens is 4. The lowest BCUT2D eigenvalue weighted by atomic mass is 10.0. The summed E-state index contributed by atoms with van der Waals surface area (Å²) in [6.45, 7) is 1.24. The minimum absolute atomic E-state index is 0.0509. The standard InChI is InChI=1S/C16H15F4N3S/c1-24-15-21-7-11-9-23(6-5-13(11)22-15)8-10-3-2-4-12(14(10)17)16(18,19)20/h2-4,7H,5-6,8-9H2,1H3. The van der Waals surface area contributed by atoms with E-state index >= 15 is 0 Å². The average Bonchev–Trinajstić information content (AvgIpc) is 2.55. The van der Waals surface area contributed by atoms with Gasteiger partial charge < -0.3 is 0 Å². The number of alkyl halides is 3. The van der Waals surface area contributed by atoms with Crippen molar-refractivity contribution in [3.63, 3.8) is 0 Å². The van der Waals surface area contributed by atoms with Crippen molar-refractivity contribution in [2.45, 2.75) is 30.8 Å². The van der Waals surface area contributed by atoms with Gasteiger partial charge in [0.2, 0.25) is 0 Å². The first-order chi connectivity index (χ1) is 11.4. The van der Waals surface area contributed by atoms with Crippen molar-refractivity contribution in [3.05, 3.63) is 52.6 Å². The summed E-state index contributed by atoms with van der Waals surface area (Å²) in [6.07, 6.45) is -0.376. The Labute approximate surface area is 141 Å². The fourth-order valence-electron chi connectivity index (χ4n) is 2.75. The number of hydrogen-bond acceptors (Lipinski definition) is 4. The Balaban J connectivity index is 1.78. The minimum Gasteiger partial charge on any atom is -0.294 e. The summed E-state index contributed by atoms with van der Waals surface area (Å²) in [4.78, 5) is 10.6. The van der Waals surface area contributed by atoms with Gasteiger partial charge in [0, 0.05) is 43.4 Å². The van der Waals surface area contributed by atoms with E-state index in [1.54, 1.807) is 6.20 Å². The van der Waals surface area contributed by atoms with Gasteiger partial charge in [-0.1, -0.05) is 23.9 Å². The second kappa shape index (κ2) is 6.68. The van der Waals surface area contributed by atoms with E-state index in [0.717, 1.165) is 17.3 Å². The van der Waals surface area contributed by atoms with Gasteiger partial charge in [-0.15, -0.1) is 0 Å². The molecule has 8 heteroatoms. The second-order valence-electron chi connectivity index (χ2n) is 5.57. The van der Waals surface area contributed by atoms with E-state index < -0.39 is 17.6 Å². The highest BCUT2D eigenvalue weighted by atomic mass is 32.2. The number of hydrogen-bond donors (Lipinski definition) is 0. The van der Waals surface area contributed by atoms with Crippen LogP contribution in [0.3, 0.4) is 0 Å². The van der Waals surface area contributed by atoms with Crippen molar-refractivity contribution < 1.29 is 17.6 Å². The van der Waals surface area contributed by atoms with E-state index in [1.807, 2.05) is 11.2 Å². The highest BCUT2D eigenvalue weighted by Crippen LogP contribution is 2.33. The number of nitrogens with zero attached hydrogens (tertiary/aromatic N) is 3. The molecule has 0 saturated carbocycles. The zero-order valence-corrected chi connectivity index (χ0v) is 13.7. The molecule has 0 bridgehead atoms. The smallest absolute Gasteiger partial charge is 0.294 e. The molecule has 2 aromatic rings. The van der Waals surface area contributed by atoms with Crippen molar-refractivity contribution in [1.29, 1.82) is 0 Å². The van der Waals surface area contributed by atoms with E-state index in [0.29, 0.717) is 24.7 Å². The highest BCUT2D eigenvalue weighted by molar-refractivity contribution is 7.98. The molecule has 1 aromatic heterocycles. The average molecular weight is 357 g/mol. The van der Waals surface area contributed by atoms with Gasteiger partial charge in [-0.2, -0.15) is 13.2 Å². The number of aromatic nitrogens is 2. The lowest BCUT2D eigenvalue weighted by molar-refractivity contribution is -0.140. The number of rotatable bonds is 3. The topological polar surface area (TPSA) is 29.0 Å². The van der Waals surface area contributed by atoms with Gasteiger partial charge in [-0.05, 0) is 12.3 Å². The van der Waals surface area contributed by atoms with E-state index in [9.17, 15) is 17.6 Å². The number of fused-ring (bicyclic) bond motifs is 1. The monoisotopic (exact) mass is 357 g/mol. The summed E-state index contributed by atoms with van der Waals surface area (Å²) < 4.78 is 52.6. The first kappa shape index (κ1) is 17.2. The summed E-state index contributed by atoms with van der Waals surface area (Å²) in [5, 5.41) is 0.700. The SMILES string of the molecule is CSc1ncc2c(n1)CCN(Cc1cccc(C(F)(F)F)c1F)C2. The molecule has 1 aliphatic rings. The van der Waals surface area contributed by atoms with Crippen LogP contribution in [0.5, 0.6) is 0 Å². The van der Waals surface area contributed by atoms with Crippen LogP contribution in [0.4, 0.5) is 17.6 Å². The van der Waals surface area contributed by atoms with Crippen molar-refractivity contribution in [2.75, 3.05) is 12.8 Å². The Morgan fingerprint density at radius 3 is 2.79 bits per heavy atom. The van der Waals surface area contributed by atoms with Gasteiger partial charge in [0.05, 0.1) is 11.3 Å². The van der Waals surface area contributed by atoms with E-state index in [2.05, 4.69) is 9.97 Å². The van der Waals surface area contributed by atoms with E-state index in [-0.39, 0.29) is 12.1 Å². The highest BCUT2D eigenvalue weighted by Gasteiger charge is 2.35.